The number of pyridine rings is 1. The number of aryl methyl sites for hydroxylation is 1. The predicted molar refractivity (Wildman–Crippen MR) is 120 cm³/mol. The summed E-state index contributed by atoms with van der Waals surface area (Å²) in [4.78, 5) is 17.7. The van der Waals surface area contributed by atoms with Gasteiger partial charge in [0.2, 0.25) is 0 Å². The van der Waals surface area contributed by atoms with Gasteiger partial charge in [-0.25, -0.2) is 0 Å². The molecule has 0 aliphatic carbocycles. The fourth-order valence-electron chi connectivity index (χ4n) is 2.93. The van der Waals surface area contributed by atoms with Crippen molar-refractivity contribution < 1.29 is 14.3 Å². The van der Waals surface area contributed by atoms with Gasteiger partial charge < -0.3 is 19.5 Å². The van der Waals surface area contributed by atoms with E-state index in [-0.39, 0.29) is 5.91 Å². The summed E-state index contributed by atoms with van der Waals surface area (Å²) in [7, 11) is 3.27. The number of hydrogen-bond acceptors (Lipinski definition) is 6. The van der Waals surface area contributed by atoms with Crippen LogP contribution in [0.25, 0.3) is 0 Å². The number of aromatic nitrogens is 1. The highest BCUT2D eigenvalue weighted by atomic mass is 32.2. The van der Waals surface area contributed by atoms with Gasteiger partial charge in [0.1, 0.15) is 11.5 Å². The molecule has 0 saturated carbocycles. The van der Waals surface area contributed by atoms with Crippen molar-refractivity contribution in [2.24, 2.45) is 0 Å². The van der Waals surface area contributed by atoms with Gasteiger partial charge in [-0.2, -0.15) is 0 Å². The highest BCUT2D eigenvalue weighted by Gasteiger charge is 2.11. The lowest BCUT2D eigenvalue weighted by Crippen LogP contribution is -2.25. The molecule has 0 spiro atoms. The monoisotopic (exact) mass is 423 g/mol. The van der Waals surface area contributed by atoms with Gasteiger partial charge in [0.05, 0.1) is 37.9 Å². The fraction of sp³-hybridized carbons (Fsp3) is 0.217. The summed E-state index contributed by atoms with van der Waals surface area (Å²) in [6.07, 6.45) is 5.01. The molecule has 0 radical (unpaired) electrons. The second-order valence-electron chi connectivity index (χ2n) is 6.49. The van der Waals surface area contributed by atoms with Gasteiger partial charge in [-0.1, -0.05) is 30.3 Å². The van der Waals surface area contributed by atoms with Crippen molar-refractivity contribution in [3.63, 3.8) is 0 Å². The number of ether oxygens (including phenoxy) is 2. The van der Waals surface area contributed by atoms with Gasteiger partial charge in [0.15, 0.2) is 0 Å². The van der Waals surface area contributed by atoms with E-state index in [4.69, 9.17) is 9.47 Å². The average molecular weight is 424 g/mol. The van der Waals surface area contributed by atoms with Gasteiger partial charge >= 0.3 is 0 Å². The predicted octanol–water partition coefficient (Wildman–Crippen LogP) is 4.58. The Labute approximate surface area is 181 Å². The summed E-state index contributed by atoms with van der Waals surface area (Å²) in [6, 6.07) is 17.3. The zero-order valence-corrected chi connectivity index (χ0v) is 17.9. The first kappa shape index (κ1) is 21.5. The first-order valence-corrected chi connectivity index (χ1v) is 10.4. The number of nitrogens with one attached hydrogen (secondary N) is 2. The second-order valence-corrected chi connectivity index (χ2v) is 7.33. The van der Waals surface area contributed by atoms with Crippen molar-refractivity contribution in [3.05, 3.63) is 78.1 Å². The summed E-state index contributed by atoms with van der Waals surface area (Å²) in [5.74, 6) is 1.45. The Bertz CT molecular complexity index is 981. The Kier molecular flexibility index (Phi) is 7.97. The van der Waals surface area contributed by atoms with E-state index in [0.29, 0.717) is 17.9 Å². The number of carbonyl (C=O) groups excluding carboxylic acids is 1. The Morgan fingerprint density at radius 1 is 1.03 bits per heavy atom. The molecule has 1 heterocycles. The number of hydrogen-bond donors (Lipinski definition) is 2. The number of amides is 1. The molecular weight excluding hydrogens is 398 g/mol. The van der Waals surface area contributed by atoms with Crippen molar-refractivity contribution in [3.8, 4) is 11.5 Å². The molecule has 0 aliphatic heterocycles. The normalized spacial score (nSPS) is 10.3. The lowest BCUT2D eigenvalue weighted by molar-refractivity contribution is 0.0950. The SMILES string of the molecule is COc1cncc(NSc2ccccc2C(=O)NCCCc2ccccc2OC)c1. The molecule has 30 heavy (non-hydrogen) atoms. The van der Waals surface area contributed by atoms with E-state index < -0.39 is 0 Å². The van der Waals surface area contributed by atoms with E-state index in [1.807, 2.05) is 54.6 Å². The zero-order chi connectivity index (χ0) is 21.2. The van der Waals surface area contributed by atoms with Crippen molar-refractivity contribution in [2.75, 3.05) is 25.5 Å². The molecule has 0 unspecified atom stereocenters. The van der Waals surface area contributed by atoms with Crippen LogP contribution in [0.15, 0.2) is 71.9 Å². The minimum Gasteiger partial charge on any atom is -0.496 e. The molecule has 7 heteroatoms. The molecule has 0 bridgehead atoms. The topological polar surface area (TPSA) is 72.5 Å². The summed E-state index contributed by atoms with van der Waals surface area (Å²) < 4.78 is 13.8. The first-order chi connectivity index (χ1) is 14.7. The highest BCUT2D eigenvalue weighted by molar-refractivity contribution is 8.00. The molecule has 0 aliphatic rings. The number of para-hydroxylation sites is 1. The maximum absolute atomic E-state index is 12.7. The van der Waals surface area contributed by atoms with Gasteiger partial charge in [-0.05, 0) is 48.6 Å². The Hall–Kier alpha value is -3.19. The largest absolute Gasteiger partial charge is 0.496 e. The van der Waals surface area contributed by atoms with E-state index in [1.165, 1.54) is 11.9 Å². The molecular formula is C23H25N3O3S. The van der Waals surface area contributed by atoms with Crippen molar-refractivity contribution in [1.82, 2.24) is 10.3 Å². The van der Waals surface area contributed by atoms with E-state index in [9.17, 15) is 4.79 Å². The fourth-order valence-corrected chi connectivity index (χ4v) is 3.69. The minimum atomic E-state index is -0.0938. The Balaban J connectivity index is 1.54. The number of methoxy groups -OCH3 is 2. The highest BCUT2D eigenvalue weighted by Crippen LogP contribution is 2.26. The van der Waals surface area contributed by atoms with Crippen molar-refractivity contribution >= 4 is 23.5 Å². The van der Waals surface area contributed by atoms with Gasteiger partial charge in [0, 0.05) is 17.5 Å². The van der Waals surface area contributed by atoms with Crippen LogP contribution in [0.5, 0.6) is 11.5 Å². The number of rotatable bonds is 10. The van der Waals surface area contributed by atoms with Crippen LogP contribution in [-0.2, 0) is 6.42 Å². The third-order valence-electron chi connectivity index (χ3n) is 4.46. The van der Waals surface area contributed by atoms with Crippen molar-refractivity contribution in [2.45, 2.75) is 17.7 Å². The van der Waals surface area contributed by atoms with Crippen LogP contribution in [0.4, 0.5) is 5.69 Å². The van der Waals surface area contributed by atoms with Crippen LogP contribution < -0.4 is 19.5 Å². The van der Waals surface area contributed by atoms with E-state index in [1.54, 1.807) is 26.6 Å². The Morgan fingerprint density at radius 2 is 1.83 bits per heavy atom. The smallest absolute Gasteiger partial charge is 0.252 e. The van der Waals surface area contributed by atoms with Gasteiger partial charge in [-0.3, -0.25) is 9.78 Å². The van der Waals surface area contributed by atoms with E-state index >= 15 is 0 Å². The maximum Gasteiger partial charge on any atom is 0.252 e. The summed E-state index contributed by atoms with van der Waals surface area (Å²) in [6.45, 7) is 0.586. The van der Waals surface area contributed by atoms with Crippen LogP contribution in [-0.4, -0.2) is 31.7 Å². The van der Waals surface area contributed by atoms with Crippen LogP contribution >= 0.6 is 11.9 Å². The number of anilines is 1. The molecule has 0 saturated heterocycles. The molecule has 2 aromatic carbocycles. The van der Waals surface area contributed by atoms with Crippen LogP contribution in [0.2, 0.25) is 0 Å². The third-order valence-corrected chi connectivity index (χ3v) is 5.37. The minimum absolute atomic E-state index is 0.0938. The molecule has 156 valence electrons. The first-order valence-electron chi connectivity index (χ1n) is 9.62. The zero-order valence-electron chi connectivity index (χ0n) is 17.1. The van der Waals surface area contributed by atoms with E-state index in [0.717, 1.165) is 34.7 Å². The number of benzene rings is 2. The summed E-state index contributed by atoms with van der Waals surface area (Å²) >= 11 is 1.37. The van der Waals surface area contributed by atoms with E-state index in [2.05, 4.69) is 15.0 Å². The van der Waals surface area contributed by atoms with Gasteiger partial charge in [0.25, 0.3) is 5.91 Å². The summed E-state index contributed by atoms with van der Waals surface area (Å²) in [5.41, 5.74) is 2.57. The van der Waals surface area contributed by atoms with Crippen LogP contribution in [0.1, 0.15) is 22.3 Å². The number of carbonyl (C=O) groups is 1. The molecule has 3 aromatic rings. The Morgan fingerprint density at radius 3 is 2.67 bits per heavy atom. The van der Waals surface area contributed by atoms with Crippen molar-refractivity contribution in [1.29, 1.82) is 0 Å². The molecule has 1 amide bonds. The molecule has 1 aromatic heterocycles. The lowest BCUT2D eigenvalue weighted by Gasteiger charge is -2.12. The maximum atomic E-state index is 12.7. The lowest BCUT2D eigenvalue weighted by atomic mass is 10.1. The second kappa shape index (κ2) is 11.1. The quantitative estimate of drug-likeness (QED) is 0.367. The molecule has 2 N–H and O–H groups in total. The van der Waals surface area contributed by atoms with Gasteiger partial charge in [-0.15, -0.1) is 0 Å². The van der Waals surface area contributed by atoms with Crippen LogP contribution in [0.3, 0.4) is 0 Å². The third kappa shape index (κ3) is 5.90. The average Bonchev–Trinajstić information content (AvgIpc) is 2.81. The molecule has 6 nitrogen and oxygen atoms in total. The van der Waals surface area contributed by atoms with Crippen LogP contribution in [0, 0.1) is 0 Å². The molecule has 3 rings (SSSR count). The number of nitrogens with zero attached hydrogens (tertiary/aromatic N) is 1. The molecule has 0 fully saturated rings. The standard InChI is InChI=1S/C23H25N3O3S/c1-28-19-14-18(15-24-16-19)26-30-22-12-6-4-10-20(22)23(27)25-13-7-9-17-8-3-5-11-21(17)29-2/h3-6,8,10-12,14-16,26H,7,9,13H2,1-2H3,(H,25,27). The summed E-state index contributed by atoms with van der Waals surface area (Å²) in [5, 5.41) is 3.01. The molecule has 0 atom stereocenters.